The lowest BCUT2D eigenvalue weighted by atomic mass is 9.93. The molecule has 7 rings (SSSR count). The molecule has 2 heteroatoms. The number of hydrogen-bond donors (Lipinski definition) is 0. The lowest BCUT2D eigenvalue weighted by molar-refractivity contribution is -0.643. The Hall–Kier alpha value is -3.13. The highest BCUT2D eigenvalue weighted by Crippen LogP contribution is 2.42. The predicted molar refractivity (Wildman–Crippen MR) is 135 cm³/mol. The summed E-state index contributed by atoms with van der Waals surface area (Å²) in [7, 11) is 2.21. The van der Waals surface area contributed by atoms with Crippen molar-refractivity contribution < 1.29 is 4.57 Å². The number of pyridine rings is 2. The first kappa shape index (κ1) is 18.4. The normalized spacial score (nSPS) is 15.5. The fourth-order valence-corrected chi connectivity index (χ4v) is 6.58. The topological polar surface area (TPSA) is 8.29 Å². The summed E-state index contributed by atoms with van der Waals surface area (Å²) in [5.74, 6) is 0.848. The zero-order valence-corrected chi connectivity index (χ0v) is 19.2. The molecule has 3 aromatic heterocycles. The summed E-state index contributed by atoms with van der Waals surface area (Å²) in [6, 6.07) is 18.7. The maximum atomic E-state index is 2.57. The van der Waals surface area contributed by atoms with Gasteiger partial charge in [-0.15, -0.1) is 0 Å². The average Bonchev–Trinajstić information content (AvgIpc) is 3.42. The summed E-state index contributed by atoms with van der Waals surface area (Å²) < 4.78 is 4.91. The number of hydrogen-bond acceptors (Lipinski definition) is 0. The van der Waals surface area contributed by atoms with Gasteiger partial charge in [0.25, 0.3) is 0 Å². The Balaban J connectivity index is 1.75. The first-order valence-corrected chi connectivity index (χ1v) is 12.1. The van der Waals surface area contributed by atoms with Crippen LogP contribution in [0.1, 0.15) is 42.4 Å². The highest BCUT2D eigenvalue weighted by atomic mass is 15.0. The Morgan fingerprint density at radius 1 is 0.906 bits per heavy atom. The van der Waals surface area contributed by atoms with Crippen molar-refractivity contribution in [1.29, 1.82) is 0 Å². The molecule has 0 aliphatic heterocycles. The molecule has 0 radical (unpaired) electrons. The SMILES string of the molecule is Cc1cc2c3ccccc3n3c4cc(CC5CCCC5)cc5cc[n+](C)c(c(c1C)c23)c54. The fraction of sp³-hybridized carbons (Fsp3) is 0.300. The third-order valence-corrected chi connectivity index (χ3v) is 8.23. The number of aryl methyl sites for hydroxylation is 3. The van der Waals surface area contributed by atoms with E-state index in [-0.39, 0.29) is 0 Å². The molecule has 32 heavy (non-hydrogen) atoms. The van der Waals surface area contributed by atoms with E-state index in [1.165, 1.54) is 97.8 Å². The van der Waals surface area contributed by atoms with Crippen LogP contribution in [0, 0.1) is 19.8 Å². The molecular formula is C30H29N2+. The Morgan fingerprint density at radius 2 is 1.72 bits per heavy atom. The highest BCUT2D eigenvalue weighted by Gasteiger charge is 2.25. The number of fused-ring (bicyclic) bond motifs is 5. The molecule has 1 aliphatic carbocycles. The van der Waals surface area contributed by atoms with Gasteiger partial charge in [-0.1, -0.05) is 49.9 Å². The molecule has 0 unspecified atom stereocenters. The Morgan fingerprint density at radius 3 is 2.56 bits per heavy atom. The summed E-state index contributed by atoms with van der Waals surface area (Å²) in [6.07, 6.45) is 9.05. The lowest BCUT2D eigenvalue weighted by Crippen LogP contribution is -2.29. The minimum absolute atomic E-state index is 0.848. The van der Waals surface area contributed by atoms with Crippen LogP contribution < -0.4 is 4.57 Å². The summed E-state index contributed by atoms with van der Waals surface area (Å²) in [5, 5.41) is 6.91. The molecule has 6 aromatic rings. The van der Waals surface area contributed by atoms with Crippen molar-refractivity contribution in [2.75, 3.05) is 0 Å². The van der Waals surface area contributed by atoms with Gasteiger partial charge in [0.05, 0.1) is 27.3 Å². The maximum Gasteiger partial charge on any atom is 0.224 e. The molecule has 0 N–H and O–H groups in total. The van der Waals surface area contributed by atoms with Gasteiger partial charge in [0.2, 0.25) is 5.52 Å². The van der Waals surface area contributed by atoms with Gasteiger partial charge in [-0.05, 0) is 66.5 Å². The molecule has 0 spiro atoms. The van der Waals surface area contributed by atoms with Gasteiger partial charge in [-0.25, -0.2) is 4.57 Å². The zero-order chi connectivity index (χ0) is 21.6. The summed E-state index contributed by atoms with van der Waals surface area (Å²) in [6.45, 7) is 4.56. The summed E-state index contributed by atoms with van der Waals surface area (Å²) in [5.41, 5.74) is 9.69. The Kier molecular flexibility index (Phi) is 3.72. The first-order valence-electron chi connectivity index (χ1n) is 12.1. The van der Waals surface area contributed by atoms with E-state index in [0.29, 0.717) is 0 Å². The van der Waals surface area contributed by atoms with Crippen LogP contribution in [0.3, 0.4) is 0 Å². The second kappa shape index (κ2) is 6.45. The third kappa shape index (κ3) is 2.33. The van der Waals surface area contributed by atoms with Crippen LogP contribution in [0.2, 0.25) is 0 Å². The molecule has 0 amide bonds. The molecule has 3 aromatic carbocycles. The van der Waals surface area contributed by atoms with Crippen LogP contribution >= 0.6 is 0 Å². The van der Waals surface area contributed by atoms with Crippen LogP contribution in [0.25, 0.3) is 49.0 Å². The van der Waals surface area contributed by atoms with Crippen molar-refractivity contribution >= 4 is 49.0 Å². The summed E-state index contributed by atoms with van der Waals surface area (Å²) >= 11 is 0. The van der Waals surface area contributed by atoms with Gasteiger partial charge < -0.3 is 4.40 Å². The number of benzene rings is 3. The van der Waals surface area contributed by atoms with Crippen LogP contribution in [0.15, 0.2) is 54.7 Å². The number of aromatic nitrogens is 2. The molecule has 0 saturated heterocycles. The van der Waals surface area contributed by atoms with Gasteiger partial charge >= 0.3 is 0 Å². The highest BCUT2D eigenvalue weighted by molar-refractivity contribution is 6.26. The molecule has 158 valence electrons. The van der Waals surface area contributed by atoms with Gasteiger partial charge in [-0.2, -0.15) is 0 Å². The van der Waals surface area contributed by atoms with E-state index in [0.717, 1.165) is 5.92 Å². The minimum Gasteiger partial charge on any atom is -0.307 e. The van der Waals surface area contributed by atoms with Crippen LogP contribution in [0.4, 0.5) is 0 Å². The monoisotopic (exact) mass is 417 g/mol. The van der Waals surface area contributed by atoms with Gasteiger partial charge in [-0.3, -0.25) is 0 Å². The van der Waals surface area contributed by atoms with Crippen molar-refractivity contribution in [1.82, 2.24) is 4.40 Å². The Bertz CT molecular complexity index is 1680. The molecule has 1 fully saturated rings. The largest absolute Gasteiger partial charge is 0.307 e. The second-order valence-electron chi connectivity index (χ2n) is 10.2. The van der Waals surface area contributed by atoms with E-state index >= 15 is 0 Å². The third-order valence-electron chi connectivity index (χ3n) is 8.23. The van der Waals surface area contributed by atoms with Crippen molar-refractivity contribution in [3.63, 3.8) is 0 Å². The van der Waals surface area contributed by atoms with Crippen molar-refractivity contribution in [2.45, 2.75) is 46.0 Å². The van der Waals surface area contributed by atoms with Crippen molar-refractivity contribution in [2.24, 2.45) is 13.0 Å². The van der Waals surface area contributed by atoms with E-state index < -0.39 is 0 Å². The van der Waals surface area contributed by atoms with E-state index in [9.17, 15) is 0 Å². The second-order valence-corrected chi connectivity index (χ2v) is 10.2. The predicted octanol–water partition coefficient (Wildman–Crippen LogP) is 7.16. The average molecular weight is 418 g/mol. The molecule has 1 saturated carbocycles. The standard InChI is InChI=1S/C30H29N2/c1-18-14-24-23-10-6-7-11-25(23)32-26-17-21(15-20-8-4-5-9-20)16-22-12-13-31(3)30(28(22)26)27(19(18)2)29(24)32/h6-7,10-14,16-17,20H,4-5,8-9,15H2,1-3H3/q+1. The quantitative estimate of drug-likeness (QED) is 0.160. The van der Waals surface area contributed by atoms with E-state index in [4.69, 9.17) is 0 Å². The van der Waals surface area contributed by atoms with Gasteiger partial charge in [0.15, 0.2) is 6.20 Å². The van der Waals surface area contributed by atoms with Crippen LogP contribution in [-0.2, 0) is 13.5 Å². The fourth-order valence-electron chi connectivity index (χ4n) is 6.58. The van der Waals surface area contributed by atoms with Gasteiger partial charge in [0, 0.05) is 16.8 Å². The molecule has 2 nitrogen and oxygen atoms in total. The molecule has 0 atom stereocenters. The maximum absolute atomic E-state index is 2.57. The first-order chi connectivity index (χ1) is 15.6. The number of nitrogens with zero attached hydrogens (tertiary/aromatic N) is 2. The van der Waals surface area contributed by atoms with Crippen LogP contribution in [-0.4, -0.2) is 4.40 Å². The minimum atomic E-state index is 0.848. The lowest BCUT2D eigenvalue weighted by Gasteiger charge is -2.16. The van der Waals surface area contributed by atoms with Gasteiger partial charge in [0.1, 0.15) is 7.05 Å². The number of rotatable bonds is 2. The smallest absolute Gasteiger partial charge is 0.224 e. The molecular weight excluding hydrogens is 388 g/mol. The molecule has 0 bridgehead atoms. The van der Waals surface area contributed by atoms with Crippen LogP contribution in [0.5, 0.6) is 0 Å². The van der Waals surface area contributed by atoms with E-state index in [2.05, 4.69) is 84.6 Å². The van der Waals surface area contributed by atoms with Crippen molar-refractivity contribution in [3.8, 4) is 0 Å². The molecule has 1 aliphatic rings. The molecule has 3 heterocycles. The zero-order valence-electron chi connectivity index (χ0n) is 19.2. The number of para-hydroxylation sites is 1. The Labute approximate surface area is 188 Å². The van der Waals surface area contributed by atoms with E-state index in [1.807, 2.05) is 0 Å². The van der Waals surface area contributed by atoms with E-state index in [1.54, 1.807) is 0 Å². The van der Waals surface area contributed by atoms with Crippen molar-refractivity contribution in [3.05, 3.63) is 71.4 Å². The summed E-state index contributed by atoms with van der Waals surface area (Å²) in [4.78, 5) is 0.